The van der Waals surface area contributed by atoms with Gasteiger partial charge in [0.25, 0.3) is 5.91 Å². The Kier molecular flexibility index (Phi) is 6.35. The smallest absolute Gasteiger partial charge is 0.251 e. The number of anilines is 1. The van der Waals surface area contributed by atoms with Crippen molar-refractivity contribution >= 4 is 36.1 Å². The molecule has 3 aliphatic rings. The first-order valence-corrected chi connectivity index (χ1v) is 16.0. The molecule has 1 fully saturated rings. The van der Waals surface area contributed by atoms with Crippen molar-refractivity contribution in [1.82, 2.24) is 5.32 Å². The average Bonchev–Trinajstić information content (AvgIpc) is 2.86. The highest BCUT2D eigenvalue weighted by atomic mass is 28.3. The highest BCUT2D eigenvalue weighted by Crippen LogP contribution is 2.42. The summed E-state index contributed by atoms with van der Waals surface area (Å²) in [6.07, 6.45) is 10.6. The minimum absolute atomic E-state index is 0.000424. The van der Waals surface area contributed by atoms with Crippen LogP contribution in [-0.2, 0) is 0 Å². The number of amides is 1. The zero-order valence-electron chi connectivity index (χ0n) is 21.7. The zero-order chi connectivity index (χ0) is 25.6. The summed E-state index contributed by atoms with van der Waals surface area (Å²) < 4.78 is 0. The molecule has 1 saturated carbocycles. The fourth-order valence-electron chi connectivity index (χ4n) is 5.93. The van der Waals surface area contributed by atoms with Crippen molar-refractivity contribution in [2.75, 3.05) is 12.8 Å². The molecule has 0 saturated heterocycles. The summed E-state index contributed by atoms with van der Waals surface area (Å²) in [5.41, 5.74) is 20.9. The maximum Gasteiger partial charge on any atom is 0.251 e. The van der Waals surface area contributed by atoms with E-state index < -0.39 is 8.07 Å². The molecule has 0 spiro atoms. The van der Waals surface area contributed by atoms with Gasteiger partial charge in [-0.3, -0.25) is 4.79 Å². The summed E-state index contributed by atoms with van der Waals surface area (Å²) in [4.78, 5) is 16.4. The Morgan fingerprint density at radius 3 is 2.44 bits per heavy atom. The van der Waals surface area contributed by atoms with Crippen molar-refractivity contribution in [2.45, 2.75) is 57.8 Å². The summed E-state index contributed by atoms with van der Waals surface area (Å²) in [6, 6.07) is 12.9. The Bertz CT molecular complexity index is 1360. The van der Waals surface area contributed by atoms with Gasteiger partial charge in [-0.2, -0.15) is 23.5 Å². The number of allylic oxidation sites excluding steroid dienone is 5. The van der Waals surface area contributed by atoms with Gasteiger partial charge in [0.05, 0.1) is 0 Å². The van der Waals surface area contributed by atoms with Gasteiger partial charge in [-0.05, 0) is 84.7 Å². The van der Waals surface area contributed by atoms with Gasteiger partial charge in [-0.15, -0.1) is 0 Å². The van der Waals surface area contributed by atoms with Gasteiger partial charge in [0, 0.05) is 29.4 Å². The molecule has 2 aliphatic carbocycles. The van der Waals surface area contributed by atoms with Crippen molar-refractivity contribution in [3.8, 4) is 0 Å². The lowest BCUT2D eigenvalue weighted by Gasteiger charge is -2.47. The minimum atomic E-state index is -1.98. The highest BCUT2D eigenvalue weighted by molar-refractivity contribution is 6.98. The van der Waals surface area contributed by atoms with Gasteiger partial charge in [0.2, 0.25) is 0 Å². The molecule has 6 N–H and O–H groups in total. The van der Waals surface area contributed by atoms with Crippen molar-refractivity contribution in [3.05, 3.63) is 87.6 Å². The van der Waals surface area contributed by atoms with Crippen LogP contribution in [0.4, 0.5) is 5.69 Å². The fraction of sp³-hybridized carbons (Fsp3) is 0.333. The van der Waals surface area contributed by atoms with Crippen LogP contribution in [0.1, 0.15) is 52.7 Å². The molecule has 187 valence electrons. The third kappa shape index (κ3) is 4.29. The monoisotopic (exact) mass is 497 g/mol. The Labute approximate surface area is 215 Å². The molecule has 0 aromatic heterocycles. The standard InChI is InChI=1S/C30H36N4OSi/c1-18-15-19(30(35)34-22-9-6-20(31)7-10-22)5-12-24(18)29-25-13-8-21(32)16-27(25)36(3,4)28-17-23(33-2)11-14-26(28)29/h5,8,11-17,20,22H,6-7,9-10,31-32H2,1-4H3,(H,34,35)/q-1/p+1. The fourth-order valence-corrected chi connectivity index (χ4v) is 9.03. The topological polar surface area (TPSA) is 95.1 Å². The Balaban J connectivity index is 1.57. The van der Waals surface area contributed by atoms with Gasteiger partial charge in [-0.1, -0.05) is 32.3 Å². The number of nitrogens with one attached hydrogen (secondary N) is 2. The summed E-state index contributed by atoms with van der Waals surface area (Å²) in [7, 11) is -0.0120. The van der Waals surface area contributed by atoms with E-state index in [4.69, 9.17) is 11.5 Å². The largest absolute Gasteiger partial charge is 0.399 e. The maximum absolute atomic E-state index is 13.1. The van der Waals surface area contributed by atoms with Crippen LogP contribution < -0.4 is 27.0 Å². The molecule has 0 bridgehead atoms. The molecular weight excluding hydrogens is 460 g/mol. The SMILES string of the molecule is C[NH+]=C1C=CC2=C(c3ccc(C(=O)NC4CCC(N)CC4)cc3C)c3ccc(N)cc3[Si-](C)(C)C2=C1. The molecule has 2 aromatic carbocycles. The second kappa shape index (κ2) is 9.34. The first-order valence-electron chi connectivity index (χ1n) is 13.0. The predicted molar refractivity (Wildman–Crippen MR) is 152 cm³/mol. The molecule has 1 amide bonds. The second-order valence-electron chi connectivity index (χ2n) is 10.9. The maximum atomic E-state index is 13.1. The number of hydrogen-bond donors (Lipinski definition) is 4. The van der Waals surface area contributed by atoms with Crippen LogP contribution in [0.3, 0.4) is 0 Å². The second-order valence-corrected chi connectivity index (χ2v) is 15.3. The summed E-state index contributed by atoms with van der Waals surface area (Å²) in [5, 5.41) is 5.98. The van der Waals surface area contributed by atoms with E-state index in [0.717, 1.165) is 48.2 Å². The molecule has 2 aromatic rings. The molecular formula is C30H37N4OSi. The van der Waals surface area contributed by atoms with Crippen LogP contribution in [0, 0.1) is 6.92 Å². The van der Waals surface area contributed by atoms with Crippen LogP contribution >= 0.6 is 0 Å². The minimum Gasteiger partial charge on any atom is -0.399 e. The average molecular weight is 498 g/mol. The van der Waals surface area contributed by atoms with E-state index in [1.54, 1.807) is 0 Å². The number of hydrogen-bond acceptors (Lipinski definition) is 3. The molecule has 1 heterocycles. The third-order valence-electron chi connectivity index (χ3n) is 8.10. The van der Waals surface area contributed by atoms with Crippen molar-refractivity contribution < 1.29 is 9.79 Å². The lowest BCUT2D eigenvalue weighted by Crippen LogP contribution is -2.67. The predicted octanol–water partition coefficient (Wildman–Crippen LogP) is 2.49. The molecule has 0 radical (unpaired) electrons. The van der Waals surface area contributed by atoms with E-state index in [0.29, 0.717) is 5.56 Å². The van der Waals surface area contributed by atoms with E-state index in [-0.39, 0.29) is 18.0 Å². The lowest BCUT2D eigenvalue weighted by molar-refractivity contribution is -0.417. The van der Waals surface area contributed by atoms with E-state index in [2.05, 4.69) is 66.8 Å². The third-order valence-corrected chi connectivity index (χ3v) is 11.6. The molecule has 5 rings (SSSR count). The number of carbonyl (C=O) groups is 1. The van der Waals surface area contributed by atoms with Crippen molar-refractivity contribution in [2.24, 2.45) is 5.73 Å². The number of nitrogen functional groups attached to an aromatic ring is 1. The lowest BCUT2D eigenvalue weighted by atomic mass is 9.87. The first-order chi connectivity index (χ1) is 17.2. The number of rotatable bonds is 3. The molecule has 0 atom stereocenters. The Hall–Kier alpha value is -3.22. The number of carbonyl (C=O) groups excluding carboxylic acids is 1. The Morgan fingerprint density at radius 2 is 1.75 bits per heavy atom. The number of benzene rings is 2. The highest BCUT2D eigenvalue weighted by Gasteiger charge is 2.31. The van der Waals surface area contributed by atoms with Crippen LogP contribution in [0.25, 0.3) is 5.57 Å². The quantitative estimate of drug-likeness (QED) is 0.388. The van der Waals surface area contributed by atoms with Crippen molar-refractivity contribution in [3.63, 3.8) is 0 Å². The summed E-state index contributed by atoms with van der Waals surface area (Å²) in [6.45, 7) is 6.91. The number of fused-ring (bicyclic) bond motifs is 2. The van der Waals surface area contributed by atoms with Crippen LogP contribution in [0.2, 0.25) is 13.1 Å². The van der Waals surface area contributed by atoms with E-state index in [1.807, 2.05) is 25.2 Å². The molecule has 36 heavy (non-hydrogen) atoms. The van der Waals surface area contributed by atoms with Gasteiger partial charge in [-0.25, -0.2) is 4.99 Å². The van der Waals surface area contributed by atoms with E-state index in [1.165, 1.54) is 27.1 Å². The normalized spacial score (nSPS) is 23.7. The van der Waals surface area contributed by atoms with E-state index in [9.17, 15) is 4.79 Å². The Morgan fingerprint density at radius 1 is 1.03 bits per heavy atom. The van der Waals surface area contributed by atoms with Crippen LogP contribution in [0.5, 0.6) is 0 Å². The van der Waals surface area contributed by atoms with Crippen LogP contribution in [-0.4, -0.2) is 38.8 Å². The zero-order valence-corrected chi connectivity index (χ0v) is 22.7. The molecule has 6 heteroatoms. The summed E-state index contributed by atoms with van der Waals surface area (Å²) >= 11 is 0. The first kappa shape index (κ1) is 24.5. The summed E-state index contributed by atoms with van der Waals surface area (Å²) in [5.74, 6) is -0.000424. The van der Waals surface area contributed by atoms with Gasteiger partial charge >= 0.3 is 0 Å². The van der Waals surface area contributed by atoms with Gasteiger partial charge < -0.3 is 16.8 Å². The van der Waals surface area contributed by atoms with Gasteiger partial charge in [0.1, 0.15) is 7.05 Å². The van der Waals surface area contributed by atoms with Crippen molar-refractivity contribution in [1.29, 1.82) is 0 Å². The molecule has 5 nitrogen and oxygen atoms in total. The van der Waals surface area contributed by atoms with Crippen LogP contribution in [0.15, 0.2) is 65.4 Å². The number of aryl methyl sites for hydroxylation is 1. The number of nitrogens with two attached hydrogens (primary N) is 2. The molecule has 0 unspecified atom stereocenters. The van der Waals surface area contributed by atoms with Gasteiger partial charge in [0.15, 0.2) is 5.71 Å². The molecule has 1 aliphatic heterocycles. The van der Waals surface area contributed by atoms with E-state index >= 15 is 0 Å².